The highest BCUT2D eigenvalue weighted by molar-refractivity contribution is 6.14. The number of halogens is 1. The molecule has 1 aliphatic heterocycles. The second kappa shape index (κ2) is 10.4. The topological polar surface area (TPSA) is 79.3 Å². The van der Waals surface area contributed by atoms with Crippen molar-refractivity contribution in [3.63, 3.8) is 0 Å². The van der Waals surface area contributed by atoms with Crippen molar-refractivity contribution in [1.82, 2.24) is 20.0 Å². The number of carbonyl (C=O) groups excluding carboxylic acids is 2. The van der Waals surface area contributed by atoms with Crippen LogP contribution in [0.15, 0.2) is 24.3 Å². The number of likely N-dealkylation sites (tertiary alicyclic amines) is 1. The van der Waals surface area contributed by atoms with Crippen LogP contribution in [0, 0.1) is 12.7 Å². The van der Waals surface area contributed by atoms with Crippen molar-refractivity contribution in [2.24, 2.45) is 7.05 Å². The van der Waals surface area contributed by atoms with E-state index in [1.165, 1.54) is 55.2 Å². The van der Waals surface area contributed by atoms with Crippen LogP contribution in [0.3, 0.4) is 0 Å². The Morgan fingerprint density at radius 2 is 1.90 bits per heavy atom. The number of ketones is 1. The molecule has 1 saturated heterocycles. The molecule has 1 aromatic carbocycles. The molecule has 1 aromatic heterocycles. The lowest BCUT2D eigenvalue weighted by Crippen LogP contribution is -2.34. The van der Waals surface area contributed by atoms with Gasteiger partial charge in [0, 0.05) is 7.05 Å². The van der Waals surface area contributed by atoms with Crippen molar-refractivity contribution in [3.8, 4) is 0 Å². The number of amides is 1. The number of hydrogen-bond donors (Lipinski definition) is 2. The zero-order valence-electron chi connectivity index (χ0n) is 17.7. The summed E-state index contributed by atoms with van der Waals surface area (Å²) >= 11 is 0. The molecule has 8 heteroatoms. The molecule has 2 N–H and O–H groups in total. The molecule has 1 aliphatic rings. The molecule has 0 saturated carbocycles. The molecular weight excluding hydrogens is 385 g/mol. The standard InChI is InChI=1S/C22H30FN5O2/c1-16-20(21(30)17-9-4-5-10-18(17)23)22(27(2)26-16)25-19(29)15-24-11-8-14-28-12-6-3-7-13-28/h4-5,9-10,24H,3,6-8,11-15H2,1-2H3,(H,25,29). The van der Waals surface area contributed by atoms with Gasteiger partial charge in [-0.1, -0.05) is 18.6 Å². The minimum Gasteiger partial charge on any atom is -0.309 e. The fourth-order valence-corrected chi connectivity index (χ4v) is 3.84. The van der Waals surface area contributed by atoms with E-state index in [9.17, 15) is 14.0 Å². The number of anilines is 1. The van der Waals surface area contributed by atoms with Gasteiger partial charge in [-0.25, -0.2) is 4.39 Å². The first-order valence-electron chi connectivity index (χ1n) is 10.5. The lowest BCUT2D eigenvalue weighted by Gasteiger charge is -2.26. The van der Waals surface area contributed by atoms with Gasteiger partial charge in [0.15, 0.2) is 0 Å². The average molecular weight is 416 g/mol. The summed E-state index contributed by atoms with van der Waals surface area (Å²) in [5, 5.41) is 10.1. The summed E-state index contributed by atoms with van der Waals surface area (Å²) in [7, 11) is 1.65. The van der Waals surface area contributed by atoms with Crippen LogP contribution < -0.4 is 10.6 Å². The van der Waals surface area contributed by atoms with Crippen LogP contribution in [0.4, 0.5) is 10.2 Å². The number of rotatable bonds is 9. The van der Waals surface area contributed by atoms with E-state index < -0.39 is 11.6 Å². The summed E-state index contributed by atoms with van der Waals surface area (Å²) in [5.41, 5.74) is 0.608. The highest BCUT2D eigenvalue weighted by Gasteiger charge is 2.24. The average Bonchev–Trinajstić information content (AvgIpc) is 3.01. The minimum absolute atomic E-state index is 0.0417. The van der Waals surface area contributed by atoms with Gasteiger partial charge in [0.1, 0.15) is 11.6 Å². The Balaban J connectivity index is 1.55. The molecule has 162 valence electrons. The molecule has 0 radical (unpaired) electrons. The van der Waals surface area contributed by atoms with E-state index in [1.54, 1.807) is 20.0 Å². The summed E-state index contributed by atoms with van der Waals surface area (Å²) in [4.78, 5) is 27.8. The van der Waals surface area contributed by atoms with E-state index in [1.807, 2.05) is 0 Å². The zero-order chi connectivity index (χ0) is 21.5. The number of benzene rings is 1. The molecule has 3 rings (SSSR count). The van der Waals surface area contributed by atoms with Crippen LogP contribution in [-0.4, -0.2) is 59.1 Å². The summed E-state index contributed by atoms with van der Waals surface area (Å²) < 4.78 is 15.5. The van der Waals surface area contributed by atoms with E-state index in [-0.39, 0.29) is 29.4 Å². The van der Waals surface area contributed by atoms with E-state index in [2.05, 4.69) is 20.6 Å². The number of piperidine rings is 1. The second-order valence-corrected chi connectivity index (χ2v) is 7.72. The number of nitrogens with one attached hydrogen (secondary N) is 2. The molecule has 0 unspecified atom stereocenters. The highest BCUT2D eigenvalue weighted by atomic mass is 19.1. The first-order valence-corrected chi connectivity index (χ1v) is 10.5. The normalized spacial score (nSPS) is 14.6. The Morgan fingerprint density at radius 1 is 1.17 bits per heavy atom. The fourth-order valence-electron chi connectivity index (χ4n) is 3.84. The molecular formula is C22H30FN5O2. The van der Waals surface area contributed by atoms with Gasteiger partial charge in [-0.15, -0.1) is 0 Å². The van der Waals surface area contributed by atoms with Crippen molar-refractivity contribution in [3.05, 3.63) is 46.9 Å². The quantitative estimate of drug-likeness (QED) is 0.486. The maximum Gasteiger partial charge on any atom is 0.239 e. The SMILES string of the molecule is Cc1nn(C)c(NC(=O)CNCCCN2CCCCC2)c1C(=O)c1ccccc1F. The number of carbonyl (C=O) groups is 2. The monoisotopic (exact) mass is 415 g/mol. The predicted octanol–water partition coefficient (Wildman–Crippen LogP) is 2.50. The second-order valence-electron chi connectivity index (χ2n) is 7.72. The Kier molecular flexibility index (Phi) is 7.70. The van der Waals surface area contributed by atoms with E-state index in [0.29, 0.717) is 5.69 Å². The maximum absolute atomic E-state index is 14.1. The third kappa shape index (κ3) is 5.52. The molecule has 0 aliphatic carbocycles. The van der Waals surface area contributed by atoms with Crippen LogP contribution in [-0.2, 0) is 11.8 Å². The molecule has 0 spiro atoms. The van der Waals surface area contributed by atoms with Crippen LogP contribution in [0.2, 0.25) is 0 Å². The maximum atomic E-state index is 14.1. The number of aryl methyl sites for hydroxylation is 2. The molecule has 0 bridgehead atoms. The predicted molar refractivity (Wildman–Crippen MR) is 114 cm³/mol. The van der Waals surface area contributed by atoms with Crippen molar-refractivity contribution in [2.45, 2.75) is 32.6 Å². The third-order valence-electron chi connectivity index (χ3n) is 5.39. The Morgan fingerprint density at radius 3 is 2.63 bits per heavy atom. The Bertz CT molecular complexity index is 890. The van der Waals surface area contributed by atoms with E-state index in [0.717, 1.165) is 19.5 Å². The van der Waals surface area contributed by atoms with Crippen molar-refractivity contribution >= 4 is 17.5 Å². The smallest absolute Gasteiger partial charge is 0.239 e. The van der Waals surface area contributed by atoms with Gasteiger partial charge in [0.05, 0.1) is 23.4 Å². The van der Waals surface area contributed by atoms with Gasteiger partial charge in [-0.05, 0) is 64.5 Å². The van der Waals surface area contributed by atoms with Gasteiger partial charge < -0.3 is 15.5 Å². The van der Waals surface area contributed by atoms with Crippen molar-refractivity contribution in [1.29, 1.82) is 0 Å². The van der Waals surface area contributed by atoms with Gasteiger partial charge in [-0.2, -0.15) is 5.10 Å². The summed E-state index contributed by atoms with van der Waals surface area (Å²) in [6.45, 7) is 5.92. The summed E-state index contributed by atoms with van der Waals surface area (Å²) in [6.07, 6.45) is 4.85. The van der Waals surface area contributed by atoms with Gasteiger partial charge >= 0.3 is 0 Å². The van der Waals surface area contributed by atoms with Gasteiger partial charge in [0.25, 0.3) is 0 Å². The Hall–Kier alpha value is -2.58. The number of aromatic nitrogens is 2. The lowest BCUT2D eigenvalue weighted by molar-refractivity contribution is -0.115. The molecule has 1 fully saturated rings. The largest absolute Gasteiger partial charge is 0.309 e. The van der Waals surface area contributed by atoms with Gasteiger partial charge in [0.2, 0.25) is 11.7 Å². The molecule has 7 nitrogen and oxygen atoms in total. The van der Waals surface area contributed by atoms with Crippen LogP contribution in [0.1, 0.15) is 47.3 Å². The molecule has 1 amide bonds. The number of nitrogens with zero attached hydrogens (tertiary/aromatic N) is 3. The highest BCUT2D eigenvalue weighted by Crippen LogP contribution is 2.23. The van der Waals surface area contributed by atoms with E-state index >= 15 is 0 Å². The van der Waals surface area contributed by atoms with Crippen LogP contribution in [0.5, 0.6) is 0 Å². The Labute approximate surface area is 176 Å². The van der Waals surface area contributed by atoms with Crippen LogP contribution >= 0.6 is 0 Å². The van der Waals surface area contributed by atoms with Crippen molar-refractivity contribution in [2.75, 3.05) is 38.0 Å². The summed E-state index contributed by atoms with van der Waals surface area (Å²) in [5.74, 6) is -1.08. The molecule has 2 aromatic rings. The lowest BCUT2D eigenvalue weighted by atomic mass is 10.0. The molecule has 2 heterocycles. The zero-order valence-corrected chi connectivity index (χ0v) is 17.7. The molecule has 0 atom stereocenters. The fraction of sp³-hybridized carbons (Fsp3) is 0.500. The minimum atomic E-state index is -0.599. The van der Waals surface area contributed by atoms with Gasteiger partial charge in [-0.3, -0.25) is 14.3 Å². The third-order valence-corrected chi connectivity index (χ3v) is 5.39. The number of hydrogen-bond acceptors (Lipinski definition) is 5. The summed E-state index contributed by atoms with van der Waals surface area (Å²) in [6, 6.07) is 5.81. The van der Waals surface area contributed by atoms with E-state index in [4.69, 9.17) is 0 Å². The van der Waals surface area contributed by atoms with Crippen LogP contribution in [0.25, 0.3) is 0 Å². The first kappa shape index (κ1) is 22.1. The first-order chi connectivity index (χ1) is 14.5. The molecule has 30 heavy (non-hydrogen) atoms. The van der Waals surface area contributed by atoms with Crippen molar-refractivity contribution < 1.29 is 14.0 Å².